The van der Waals surface area contributed by atoms with Crippen molar-refractivity contribution in [3.05, 3.63) is 59.2 Å². The quantitative estimate of drug-likeness (QED) is 0.533. The van der Waals surface area contributed by atoms with E-state index in [9.17, 15) is 0 Å². The van der Waals surface area contributed by atoms with Gasteiger partial charge < -0.3 is 0 Å². The van der Waals surface area contributed by atoms with Gasteiger partial charge in [-0.2, -0.15) is 0 Å². The van der Waals surface area contributed by atoms with Gasteiger partial charge in [0.2, 0.25) is 0 Å². The van der Waals surface area contributed by atoms with Crippen LogP contribution in [0.2, 0.25) is 0 Å². The van der Waals surface area contributed by atoms with Crippen molar-refractivity contribution in [1.82, 2.24) is 0 Å². The van der Waals surface area contributed by atoms with Gasteiger partial charge >= 0.3 is 0 Å². The monoisotopic (exact) mass is 262 g/mol. The van der Waals surface area contributed by atoms with Crippen molar-refractivity contribution < 1.29 is 0 Å². The number of benzene rings is 3. The molecule has 0 N–H and O–H groups in total. The van der Waals surface area contributed by atoms with Crippen LogP contribution in [0.25, 0.3) is 21.5 Å². The highest BCUT2D eigenvalue weighted by molar-refractivity contribution is 6.09. The summed E-state index contributed by atoms with van der Waals surface area (Å²) in [5, 5.41) is 5.60. The minimum Gasteiger partial charge on any atom is -0.0616 e. The van der Waals surface area contributed by atoms with Crippen LogP contribution in [0, 0.1) is 0 Å². The van der Waals surface area contributed by atoms with Gasteiger partial charge in [-0.05, 0) is 57.5 Å². The molecular weight excluding hydrogens is 240 g/mol. The lowest BCUT2D eigenvalue weighted by atomic mass is 9.88. The topological polar surface area (TPSA) is 0 Å². The summed E-state index contributed by atoms with van der Waals surface area (Å²) in [6.07, 6.45) is 3.37. The number of hydrogen-bond acceptors (Lipinski definition) is 0. The molecule has 3 rings (SSSR count). The Kier molecular flexibility index (Phi) is 3.48. The molecule has 0 aliphatic rings. The predicted molar refractivity (Wildman–Crippen MR) is 89.6 cm³/mol. The van der Waals surface area contributed by atoms with Gasteiger partial charge in [0, 0.05) is 0 Å². The zero-order valence-corrected chi connectivity index (χ0v) is 12.7. The number of rotatable bonds is 3. The van der Waals surface area contributed by atoms with Crippen molar-refractivity contribution in [2.75, 3.05) is 0 Å². The maximum absolute atomic E-state index is 2.43. The largest absolute Gasteiger partial charge is 0.0616 e. The van der Waals surface area contributed by atoms with Crippen LogP contribution in [0.1, 0.15) is 37.5 Å². The lowest BCUT2D eigenvalue weighted by Crippen LogP contribution is -1.99. The van der Waals surface area contributed by atoms with E-state index in [1.807, 2.05) is 0 Å². The van der Waals surface area contributed by atoms with E-state index in [-0.39, 0.29) is 0 Å². The second-order valence-corrected chi connectivity index (χ2v) is 5.44. The fourth-order valence-corrected chi connectivity index (χ4v) is 3.49. The predicted octanol–water partition coefficient (Wildman–Crippen LogP) is 5.68. The maximum atomic E-state index is 2.43. The Morgan fingerprint density at radius 2 is 1.40 bits per heavy atom. The molecule has 0 spiro atoms. The van der Waals surface area contributed by atoms with Crippen molar-refractivity contribution in [2.24, 2.45) is 0 Å². The van der Waals surface area contributed by atoms with Crippen LogP contribution in [0.3, 0.4) is 0 Å². The first-order chi connectivity index (χ1) is 9.80. The smallest absolute Gasteiger partial charge is 0.00997 e. The average Bonchev–Trinajstić information content (AvgIpc) is 2.52. The molecule has 0 fully saturated rings. The highest BCUT2D eigenvalue weighted by Crippen LogP contribution is 2.32. The number of aryl methyl sites for hydroxylation is 2. The second kappa shape index (κ2) is 5.28. The molecular formula is C20H22. The van der Waals surface area contributed by atoms with E-state index in [4.69, 9.17) is 0 Å². The average molecular weight is 262 g/mol. The fraction of sp³-hybridized carbons (Fsp3) is 0.300. The van der Waals surface area contributed by atoms with E-state index in [2.05, 4.69) is 63.2 Å². The fourth-order valence-electron chi connectivity index (χ4n) is 3.49. The minimum atomic E-state index is 1.12. The molecule has 3 aromatic rings. The Bertz CT molecular complexity index is 766. The molecule has 3 aromatic carbocycles. The lowest BCUT2D eigenvalue weighted by molar-refractivity contribution is 0.994. The minimum absolute atomic E-state index is 1.12. The van der Waals surface area contributed by atoms with Gasteiger partial charge in [0.25, 0.3) is 0 Å². The molecule has 0 aliphatic carbocycles. The van der Waals surface area contributed by atoms with E-state index in [1.165, 1.54) is 27.1 Å². The van der Waals surface area contributed by atoms with E-state index < -0.39 is 0 Å². The molecule has 0 unspecified atom stereocenters. The summed E-state index contributed by atoms with van der Waals surface area (Å²) in [5.41, 5.74) is 4.64. The molecule has 0 saturated heterocycles. The van der Waals surface area contributed by atoms with E-state index in [0.717, 1.165) is 19.3 Å². The molecule has 0 saturated carbocycles. The van der Waals surface area contributed by atoms with E-state index >= 15 is 0 Å². The Labute approximate surface area is 121 Å². The second-order valence-electron chi connectivity index (χ2n) is 5.44. The van der Waals surface area contributed by atoms with Crippen molar-refractivity contribution in [3.8, 4) is 0 Å². The third kappa shape index (κ3) is 1.91. The van der Waals surface area contributed by atoms with Gasteiger partial charge in [0.15, 0.2) is 0 Å². The molecule has 0 radical (unpaired) electrons. The van der Waals surface area contributed by atoms with Gasteiger partial charge in [-0.1, -0.05) is 63.2 Å². The Morgan fingerprint density at radius 3 is 2.10 bits per heavy atom. The first-order valence-electron chi connectivity index (χ1n) is 7.75. The van der Waals surface area contributed by atoms with Crippen molar-refractivity contribution in [1.29, 1.82) is 0 Å². The summed E-state index contributed by atoms with van der Waals surface area (Å²) >= 11 is 0. The van der Waals surface area contributed by atoms with Crippen LogP contribution < -0.4 is 0 Å². The van der Waals surface area contributed by atoms with Crippen LogP contribution in [-0.2, 0) is 19.3 Å². The molecule has 0 aromatic heterocycles. The summed E-state index contributed by atoms with van der Waals surface area (Å²) in [6, 6.07) is 15.7. The Hall–Kier alpha value is -1.82. The summed E-state index contributed by atoms with van der Waals surface area (Å²) in [7, 11) is 0. The zero-order chi connectivity index (χ0) is 14.1. The summed E-state index contributed by atoms with van der Waals surface area (Å²) in [6.45, 7) is 6.83. The number of fused-ring (bicyclic) bond motifs is 3. The third-order valence-corrected chi connectivity index (χ3v) is 4.45. The van der Waals surface area contributed by atoms with Crippen LogP contribution in [0.5, 0.6) is 0 Å². The molecule has 0 amide bonds. The van der Waals surface area contributed by atoms with Gasteiger partial charge in [-0.3, -0.25) is 0 Å². The highest BCUT2D eigenvalue weighted by atomic mass is 14.2. The van der Waals surface area contributed by atoms with Crippen molar-refractivity contribution in [3.63, 3.8) is 0 Å². The van der Waals surface area contributed by atoms with Crippen LogP contribution in [-0.4, -0.2) is 0 Å². The van der Waals surface area contributed by atoms with Gasteiger partial charge in [0.05, 0.1) is 0 Å². The maximum Gasteiger partial charge on any atom is -0.00997 e. The summed E-state index contributed by atoms with van der Waals surface area (Å²) < 4.78 is 0. The van der Waals surface area contributed by atoms with Gasteiger partial charge in [-0.15, -0.1) is 0 Å². The van der Waals surface area contributed by atoms with E-state index in [0.29, 0.717) is 0 Å². The molecule has 0 atom stereocenters. The third-order valence-electron chi connectivity index (χ3n) is 4.45. The molecule has 102 valence electrons. The molecule has 20 heavy (non-hydrogen) atoms. The van der Waals surface area contributed by atoms with Gasteiger partial charge in [-0.25, -0.2) is 0 Å². The SMILES string of the molecule is CCc1cc2c(ccc3ccccc32)c(CC)c1CC. The van der Waals surface area contributed by atoms with Crippen LogP contribution in [0.4, 0.5) is 0 Å². The molecule has 0 nitrogen and oxygen atoms in total. The normalized spacial score (nSPS) is 11.3. The Morgan fingerprint density at radius 1 is 0.650 bits per heavy atom. The Balaban J connectivity index is 2.50. The molecule has 0 heterocycles. The van der Waals surface area contributed by atoms with Crippen molar-refractivity contribution in [2.45, 2.75) is 40.0 Å². The van der Waals surface area contributed by atoms with Crippen LogP contribution >= 0.6 is 0 Å². The lowest BCUT2D eigenvalue weighted by Gasteiger charge is -2.16. The first-order valence-corrected chi connectivity index (χ1v) is 7.75. The number of hydrogen-bond donors (Lipinski definition) is 0. The molecule has 0 bridgehead atoms. The van der Waals surface area contributed by atoms with Crippen LogP contribution in [0.15, 0.2) is 42.5 Å². The summed E-state index contributed by atoms with van der Waals surface area (Å²) in [5.74, 6) is 0. The van der Waals surface area contributed by atoms with Crippen molar-refractivity contribution >= 4 is 21.5 Å². The standard InChI is InChI=1S/C20H22/c1-4-14-13-20-18-10-8-7-9-15(18)11-12-19(20)17(6-3)16(14)5-2/h7-13H,4-6H2,1-3H3. The first kappa shape index (κ1) is 13.2. The van der Waals surface area contributed by atoms with Gasteiger partial charge in [0.1, 0.15) is 0 Å². The zero-order valence-electron chi connectivity index (χ0n) is 12.7. The summed E-state index contributed by atoms with van der Waals surface area (Å²) in [4.78, 5) is 0. The molecule has 0 heteroatoms. The molecule has 0 aliphatic heterocycles. The van der Waals surface area contributed by atoms with E-state index in [1.54, 1.807) is 11.1 Å². The highest BCUT2D eigenvalue weighted by Gasteiger charge is 2.11.